The number of hydrogen-bond acceptors (Lipinski definition) is 2. The zero-order valence-corrected chi connectivity index (χ0v) is 8.46. The van der Waals surface area contributed by atoms with Crippen molar-refractivity contribution in [3.05, 3.63) is 32.9 Å². The molecule has 1 nitrogen and oxygen atoms in total. The summed E-state index contributed by atoms with van der Waals surface area (Å²) in [6.07, 6.45) is 0. The number of Topliss-reactive ketones (excluding diaryl/α,β-unsaturated/α-hetero) is 1. The SMILES string of the molecule is C=C(C)C(=O)c1ccsc1Br. The van der Waals surface area contributed by atoms with Crippen molar-refractivity contribution in [2.24, 2.45) is 0 Å². The Morgan fingerprint density at radius 2 is 2.36 bits per heavy atom. The average Bonchev–Trinajstić information content (AvgIpc) is 2.33. The molecular weight excluding hydrogens is 224 g/mol. The largest absolute Gasteiger partial charge is 0.289 e. The first kappa shape index (κ1) is 8.68. The predicted molar refractivity (Wildman–Crippen MR) is 51.2 cm³/mol. The fourth-order valence-corrected chi connectivity index (χ4v) is 1.93. The lowest BCUT2D eigenvalue weighted by atomic mass is 10.1. The Hall–Kier alpha value is -0.410. The zero-order valence-electron chi connectivity index (χ0n) is 6.06. The first-order valence-electron chi connectivity index (χ1n) is 3.06. The zero-order chi connectivity index (χ0) is 8.43. The van der Waals surface area contributed by atoms with E-state index in [1.165, 1.54) is 11.3 Å². The van der Waals surface area contributed by atoms with Crippen molar-refractivity contribution in [3.8, 4) is 0 Å². The van der Waals surface area contributed by atoms with Crippen molar-refractivity contribution < 1.29 is 4.79 Å². The van der Waals surface area contributed by atoms with Gasteiger partial charge in [0.25, 0.3) is 0 Å². The smallest absolute Gasteiger partial charge is 0.190 e. The van der Waals surface area contributed by atoms with Crippen molar-refractivity contribution in [1.29, 1.82) is 0 Å². The molecule has 0 aliphatic carbocycles. The molecule has 3 heteroatoms. The summed E-state index contributed by atoms with van der Waals surface area (Å²) in [4.78, 5) is 11.3. The highest BCUT2D eigenvalue weighted by Crippen LogP contribution is 2.25. The van der Waals surface area contributed by atoms with E-state index < -0.39 is 0 Å². The molecule has 0 N–H and O–H groups in total. The monoisotopic (exact) mass is 230 g/mol. The number of thiophene rings is 1. The van der Waals surface area contributed by atoms with Crippen molar-refractivity contribution in [2.45, 2.75) is 6.92 Å². The summed E-state index contributed by atoms with van der Waals surface area (Å²) in [5.74, 6) is 0.0122. The fraction of sp³-hybridized carbons (Fsp3) is 0.125. The lowest BCUT2D eigenvalue weighted by Crippen LogP contribution is -1.97. The van der Waals surface area contributed by atoms with Gasteiger partial charge in [-0.2, -0.15) is 0 Å². The third-order valence-electron chi connectivity index (χ3n) is 1.25. The molecule has 0 aliphatic rings. The molecule has 0 atom stereocenters. The highest BCUT2D eigenvalue weighted by atomic mass is 79.9. The molecule has 1 rings (SSSR count). The van der Waals surface area contributed by atoms with Crippen LogP contribution in [0.2, 0.25) is 0 Å². The fourth-order valence-electron chi connectivity index (χ4n) is 0.686. The second-order valence-electron chi connectivity index (χ2n) is 2.22. The molecule has 0 saturated carbocycles. The van der Waals surface area contributed by atoms with Gasteiger partial charge >= 0.3 is 0 Å². The number of rotatable bonds is 2. The van der Waals surface area contributed by atoms with E-state index in [1.54, 1.807) is 13.0 Å². The maximum absolute atomic E-state index is 11.3. The maximum Gasteiger partial charge on any atom is 0.190 e. The van der Waals surface area contributed by atoms with Crippen LogP contribution in [-0.4, -0.2) is 5.78 Å². The van der Waals surface area contributed by atoms with Gasteiger partial charge in [-0.05, 0) is 39.9 Å². The number of carbonyl (C=O) groups excluding carboxylic acids is 1. The summed E-state index contributed by atoms with van der Waals surface area (Å²) in [5, 5.41) is 1.88. The van der Waals surface area contributed by atoms with Crippen LogP contribution in [-0.2, 0) is 0 Å². The molecule has 0 bridgehead atoms. The van der Waals surface area contributed by atoms with Gasteiger partial charge in [-0.1, -0.05) is 6.58 Å². The summed E-state index contributed by atoms with van der Waals surface area (Å²) < 4.78 is 0.880. The molecule has 0 spiro atoms. The maximum atomic E-state index is 11.3. The van der Waals surface area contributed by atoms with Crippen LogP contribution in [0.25, 0.3) is 0 Å². The Labute approximate surface area is 77.9 Å². The Bertz CT molecular complexity index is 301. The second-order valence-corrected chi connectivity index (χ2v) is 4.45. The van der Waals surface area contributed by atoms with E-state index in [-0.39, 0.29) is 5.78 Å². The Morgan fingerprint density at radius 3 is 2.73 bits per heavy atom. The lowest BCUT2D eigenvalue weighted by molar-refractivity contribution is 0.103. The summed E-state index contributed by atoms with van der Waals surface area (Å²) >= 11 is 4.80. The van der Waals surface area contributed by atoms with Gasteiger partial charge in [0.15, 0.2) is 5.78 Å². The van der Waals surface area contributed by atoms with Gasteiger partial charge in [-0.25, -0.2) is 0 Å². The molecule has 0 aromatic carbocycles. The van der Waals surface area contributed by atoms with Crippen molar-refractivity contribution >= 4 is 33.0 Å². The first-order chi connectivity index (χ1) is 5.13. The molecule has 0 unspecified atom stereocenters. The molecule has 0 saturated heterocycles. The van der Waals surface area contributed by atoms with Crippen LogP contribution in [0.1, 0.15) is 17.3 Å². The molecule has 0 amide bonds. The molecule has 0 aliphatic heterocycles. The van der Waals surface area contributed by atoms with E-state index >= 15 is 0 Å². The number of ketones is 1. The molecule has 11 heavy (non-hydrogen) atoms. The molecular formula is C8H7BrOS. The highest BCUT2D eigenvalue weighted by molar-refractivity contribution is 9.11. The van der Waals surface area contributed by atoms with E-state index in [1.807, 2.05) is 5.38 Å². The minimum Gasteiger partial charge on any atom is -0.289 e. The standard InChI is InChI=1S/C8H7BrOS/c1-5(2)7(10)6-3-4-11-8(6)9/h3-4H,1H2,2H3. The topological polar surface area (TPSA) is 17.1 Å². The van der Waals surface area contributed by atoms with E-state index in [0.29, 0.717) is 11.1 Å². The molecule has 0 fully saturated rings. The number of hydrogen-bond donors (Lipinski definition) is 0. The van der Waals surface area contributed by atoms with Gasteiger partial charge in [-0.3, -0.25) is 4.79 Å². The Morgan fingerprint density at radius 1 is 1.73 bits per heavy atom. The van der Waals surface area contributed by atoms with E-state index in [9.17, 15) is 4.79 Å². The van der Waals surface area contributed by atoms with Crippen LogP contribution < -0.4 is 0 Å². The summed E-state index contributed by atoms with van der Waals surface area (Å²) in [7, 11) is 0. The van der Waals surface area contributed by atoms with Crippen LogP contribution in [0.3, 0.4) is 0 Å². The van der Waals surface area contributed by atoms with Crippen molar-refractivity contribution in [2.75, 3.05) is 0 Å². The van der Waals surface area contributed by atoms with E-state index in [0.717, 1.165) is 3.79 Å². The van der Waals surface area contributed by atoms with Crippen molar-refractivity contribution in [3.63, 3.8) is 0 Å². The van der Waals surface area contributed by atoms with Gasteiger partial charge in [0.05, 0.1) is 3.79 Å². The number of halogens is 1. The van der Waals surface area contributed by atoms with Gasteiger partial charge < -0.3 is 0 Å². The number of carbonyl (C=O) groups is 1. The van der Waals surface area contributed by atoms with Crippen LogP contribution >= 0.6 is 27.3 Å². The van der Waals surface area contributed by atoms with Gasteiger partial charge in [-0.15, -0.1) is 11.3 Å². The third-order valence-corrected chi connectivity index (χ3v) is 2.94. The van der Waals surface area contributed by atoms with Gasteiger partial charge in [0.2, 0.25) is 0 Å². The van der Waals surface area contributed by atoms with Crippen LogP contribution in [0.5, 0.6) is 0 Å². The molecule has 0 radical (unpaired) electrons. The quantitative estimate of drug-likeness (QED) is 0.563. The highest BCUT2D eigenvalue weighted by Gasteiger charge is 2.10. The second kappa shape index (κ2) is 3.32. The molecule has 1 aromatic heterocycles. The van der Waals surface area contributed by atoms with Crippen LogP contribution in [0.15, 0.2) is 27.4 Å². The minimum atomic E-state index is 0.0122. The number of allylic oxidation sites excluding steroid dienone is 1. The summed E-state index contributed by atoms with van der Waals surface area (Å²) in [6.45, 7) is 5.30. The predicted octanol–water partition coefficient (Wildman–Crippen LogP) is 3.27. The molecule has 1 aromatic rings. The van der Waals surface area contributed by atoms with Gasteiger partial charge in [0, 0.05) is 5.56 Å². The normalized spacial score (nSPS) is 9.64. The lowest BCUT2D eigenvalue weighted by Gasteiger charge is -1.94. The van der Waals surface area contributed by atoms with Crippen LogP contribution in [0.4, 0.5) is 0 Å². The summed E-state index contributed by atoms with van der Waals surface area (Å²) in [5.41, 5.74) is 1.28. The Balaban J connectivity index is 3.02. The van der Waals surface area contributed by atoms with E-state index in [2.05, 4.69) is 22.5 Å². The molecule has 1 heterocycles. The minimum absolute atomic E-state index is 0.0122. The van der Waals surface area contributed by atoms with Crippen molar-refractivity contribution in [1.82, 2.24) is 0 Å². The Kier molecular flexibility index (Phi) is 2.62. The first-order valence-corrected chi connectivity index (χ1v) is 4.73. The summed E-state index contributed by atoms with van der Waals surface area (Å²) in [6, 6.07) is 1.80. The van der Waals surface area contributed by atoms with Crippen LogP contribution in [0, 0.1) is 0 Å². The third kappa shape index (κ3) is 1.79. The molecule has 58 valence electrons. The van der Waals surface area contributed by atoms with E-state index in [4.69, 9.17) is 0 Å². The van der Waals surface area contributed by atoms with Gasteiger partial charge in [0.1, 0.15) is 0 Å². The average molecular weight is 231 g/mol.